The average Bonchev–Trinajstić information content (AvgIpc) is 2.11. The highest BCUT2D eigenvalue weighted by Crippen LogP contribution is 2.01. The van der Waals surface area contributed by atoms with E-state index in [2.05, 4.69) is 25.8 Å². The number of aliphatic imine (C=N–C) groups is 1. The first kappa shape index (κ1) is 11.5. The molecule has 0 fully saturated rings. The van der Waals surface area contributed by atoms with Crippen LogP contribution in [0.3, 0.4) is 0 Å². The van der Waals surface area contributed by atoms with Crippen LogP contribution in [0.5, 0.6) is 0 Å². The summed E-state index contributed by atoms with van der Waals surface area (Å²) in [4.78, 5) is 4.40. The summed E-state index contributed by atoms with van der Waals surface area (Å²) in [6, 6.07) is 0. The van der Waals surface area contributed by atoms with Gasteiger partial charge in [0, 0.05) is 13.0 Å². The van der Waals surface area contributed by atoms with E-state index in [4.69, 9.17) is 4.74 Å². The molecule has 0 amide bonds. The van der Waals surface area contributed by atoms with Crippen LogP contribution in [0.1, 0.15) is 40.5 Å². The maximum Gasteiger partial charge on any atom is 0.182 e. The van der Waals surface area contributed by atoms with Crippen LogP contribution in [0.2, 0.25) is 0 Å². The van der Waals surface area contributed by atoms with Gasteiger partial charge in [0.1, 0.15) is 0 Å². The van der Waals surface area contributed by atoms with Crippen molar-refractivity contribution in [3.8, 4) is 0 Å². The van der Waals surface area contributed by atoms with Crippen LogP contribution in [0.15, 0.2) is 4.99 Å². The number of nitrogens with zero attached hydrogens (tertiary/aromatic N) is 1. The molecule has 0 spiro atoms. The molecule has 72 valence electrons. The van der Waals surface area contributed by atoms with Crippen molar-refractivity contribution in [3.63, 3.8) is 0 Å². The maximum absolute atomic E-state index is 5.34. The Balaban J connectivity index is 3.76. The zero-order valence-corrected chi connectivity index (χ0v) is 8.76. The molecule has 0 rings (SSSR count). The van der Waals surface area contributed by atoms with Crippen molar-refractivity contribution < 1.29 is 4.74 Å². The molecule has 0 bridgehead atoms. The molecular weight excluding hydrogens is 150 g/mol. The minimum absolute atomic E-state index is 0.673. The first-order valence-electron chi connectivity index (χ1n) is 4.90. The van der Waals surface area contributed by atoms with E-state index >= 15 is 0 Å². The molecule has 0 aliphatic rings. The van der Waals surface area contributed by atoms with E-state index < -0.39 is 0 Å². The van der Waals surface area contributed by atoms with Crippen LogP contribution in [-0.2, 0) is 4.74 Å². The fourth-order valence-electron chi connectivity index (χ4n) is 0.813. The second-order valence-electron chi connectivity index (χ2n) is 3.03. The van der Waals surface area contributed by atoms with Gasteiger partial charge >= 0.3 is 0 Å². The SMILES string of the molecule is CCOC(CC)=NCC(C)CC. The molecule has 0 aliphatic heterocycles. The Labute approximate surface area is 76.0 Å². The third-order valence-corrected chi connectivity index (χ3v) is 1.89. The summed E-state index contributed by atoms with van der Waals surface area (Å²) in [7, 11) is 0. The Kier molecular flexibility index (Phi) is 6.82. The summed E-state index contributed by atoms with van der Waals surface area (Å²) in [6.07, 6.45) is 2.09. The van der Waals surface area contributed by atoms with Gasteiger partial charge in [-0.2, -0.15) is 0 Å². The average molecular weight is 171 g/mol. The fraction of sp³-hybridized carbons (Fsp3) is 0.900. The molecule has 1 unspecified atom stereocenters. The highest BCUT2D eigenvalue weighted by molar-refractivity contribution is 5.75. The van der Waals surface area contributed by atoms with Crippen LogP contribution < -0.4 is 0 Å². The number of hydrogen-bond donors (Lipinski definition) is 0. The van der Waals surface area contributed by atoms with Crippen LogP contribution in [0.25, 0.3) is 0 Å². The largest absolute Gasteiger partial charge is 0.481 e. The van der Waals surface area contributed by atoms with E-state index in [0.29, 0.717) is 5.92 Å². The van der Waals surface area contributed by atoms with Crippen LogP contribution in [0, 0.1) is 5.92 Å². The number of ether oxygens (including phenoxy) is 1. The third-order valence-electron chi connectivity index (χ3n) is 1.89. The van der Waals surface area contributed by atoms with Gasteiger partial charge < -0.3 is 4.74 Å². The molecule has 2 heteroatoms. The Morgan fingerprint density at radius 3 is 2.42 bits per heavy atom. The molecule has 0 saturated carbocycles. The van der Waals surface area contributed by atoms with Gasteiger partial charge in [-0.1, -0.05) is 27.2 Å². The Morgan fingerprint density at radius 1 is 1.33 bits per heavy atom. The second kappa shape index (κ2) is 7.14. The van der Waals surface area contributed by atoms with Crippen LogP contribution in [0.4, 0.5) is 0 Å². The highest BCUT2D eigenvalue weighted by Gasteiger charge is 1.98. The van der Waals surface area contributed by atoms with Gasteiger partial charge in [0.05, 0.1) is 6.61 Å². The van der Waals surface area contributed by atoms with E-state index in [1.807, 2.05) is 6.92 Å². The molecule has 0 heterocycles. The monoisotopic (exact) mass is 171 g/mol. The minimum atomic E-state index is 0.673. The molecule has 1 atom stereocenters. The predicted molar refractivity (Wildman–Crippen MR) is 53.7 cm³/mol. The molecule has 0 aromatic heterocycles. The molecule has 0 radical (unpaired) electrons. The number of hydrogen-bond acceptors (Lipinski definition) is 2. The summed E-state index contributed by atoms with van der Waals surface area (Å²) in [6.45, 7) is 10.1. The molecule has 0 aromatic carbocycles. The summed E-state index contributed by atoms with van der Waals surface area (Å²) in [5.41, 5.74) is 0. The van der Waals surface area contributed by atoms with E-state index in [9.17, 15) is 0 Å². The molecule has 0 N–H and O–H groups in total. The Bertz CT molecular complexity index is 132. The summed E-state index contributed by atoms with van der Waals surface area (Å²) >= 11 is 0. The van der Waals surface area contributed by atoms with Gasteiger partial charge in [0.25, 0.3) is 0 Å². The lowest BCUT2D eigenvalue weighted by Crippen LogP contribution is -2.06. The molecule has 0 aliphatic carbocycles. The van der Waals surface area contributed by atoms with Crippen molar-refractivity contribution in [1.82, 2.24) is 0 Å². The topological polar surface area (TPSA) is 21.6 Å². The van der Waals surface area contributed by atoms with E-state index in [-0.39, 0.29) is 0 Å². The maximum atomic E-state index is 5.34. The number of rotatable bonds is 5. The van der Waals surface area contributed by atoms with Crippen molar-refractivity contribution in [1.29, 1.82) is 0 Å². The fourth-order valence-corrected chi connectivity index (χ4v) is 0.813. The van der Waals surface area contributed by atoms with Gasteiger partial charge in [-0.3, -0.25) is 4.99 Å². The van der Waals surface area contributed by atoms with Gasteiger partial charge in [-0.25, -0.2) is 0 Å². The smallest absolute Gasteiger partial charge is 0.182 e. The van der Waals surface area contributed by atoms with Gasteiger partial charge in [0.15, 0.2) is 5.90 Å². The standard InChI is InChI=1S/C10H21NO/c1-5-9(4)8-11-10(6-2)12-7-3/h9H,5-8H2,1-4H3. The Hall–Kier alpha value is -0.530. The molecule has 0 aromatic rings. The molecule has 2 nitrogen and oxygen atoms in total. The Morgan fingerprint density at radius 2 is 2.00 bits per heavy atom. The third kappa shape index (κ3) is 5.16. The van der Waals surface area contributed by atoms with Crippen LogP contribution in [-0.4, -0.2) is 19.0 Å². The van der Waals surface area contributed by atoms with E-state index in [1.54, 1.807) is 0 Å². The first-order chi connectivity index (χ1) is 5.74. The summed E-state index contributed by atoms with van der Waals surface area (Å²) in [5.74, 6) is 1.57. The lowest BCUT2D eigenvalue weighted by molar-refractivity contribution is 0.316. The minimum Gasteiger partial charge on any atom is -0.481 e. The normalized spacial score (nSPS) is 14.5. The summed E-state index contributed by atoms with van der Waals surface area (Å²) in [5, 5.41) is 0. The highest BCUT2D eigenvalue weighted by atomic mass is 16.5. The van der Waals surface area contributed by atoms with E-state index in [0.717, 1.165) is 25.5 Å². The second-order valence-corrected chi connectivity index (χ2v) is 3.03. The molecule has 12 heavy (non-hydrogen) atoms. The summed E-state index contributed by atoms with van der Waals surface area (Å²) < 4.78 is 5.34. The van der Waals surface area contributed by atoms with E-state index in [1.165, 1.54) is 6.42 Å². The van der Waals surface area contributed by atoms with Gasteiger partial charge in [0.2, 0.25) is 0 Å². The van der Waals surface area contributed by atoms with Crippen molar-refractivity contribution in [2.24, 2.45) is 10.9 Å². The van der Waals surface area contributed by atoms with Gasteiger partial charge in [-0.15, -0.1) is 0 Å². The zero-order valence-electron chi connectivity index (χ0n) is 8.76. The lowest BCUT2D eigenvalue weighted by Gasteiger charge is -2.07. The molecule has 0 saturated heterocycles. The predicted octanol–water partition coefficient (Wildman–Crippen LogP) is 2.88. The van der Waals surface area contributed by atoms with Crippen LogP contribution >= 0.6 is 0 Å². The first-order valence-corrected chi connectivity index (χ1v) is 4.90. The lowest BCUT2D eigenvalue weighted by atomic mass is 10.1. The van der Waals surface area contributed by atoms with Crippen molar-refractivity contribution in [2.45, 2.75) is 40.5 Å². The quantitative estimate of drug-likeness (QED) is 0.460. The zero-order chi connectivity index (χ0) is 9.40. The van der Waals surface area contributed by atoms with Crippen molar-refractivity contribution in [2.75, 3.05) is 13.2 Å². The van der Waals surface area contributed by atoms with Crippen molar-refractivity contribution in [3.05, 3.63) is 0 Å². The van der Waals surface area contributed by atoms with Crippen molar-refractivity contribution >= 4 is 5.90 Å². The molecular formula is C10H21NO. The van der Waals surface area contributed by atoms with Gasteiger partial charge in [-0.05, 0) is 12.8 Å².